The molecule has 9 heteroatoms. The van der Waals surface area contributed by atoms with Gasteiger partial charge in [0.1, 0.15) is 29.6 Å². The summed E-state index contributed by atoms with van der Waals surface area (Å²) in [4.78, 5) is 0.0819. The zero-order valence-electron chi connectivity index (χ0n) is 18.3. The molecule has 0 aromatic heterocycles. The lowest BCUT2D eigenvalue weighted by Crippen LogP contribution is -2.43. The number of nitrogens with zero attached hydrogens (tertiary/aromatic N) is 2. The zero-order valence-corrected chi connectivity index (χ0v) is 19.1. The van der Waals surface area contributed by atoms with E-state index in [-0.39, 0.29) is 41.3 Å². The number of fused-ring (bicyclic) bond motifs is 1. The molecule has 0 bridgehead atoms. The van der Waals surface area contributed by atoms with E-state index in [9.17, 15) is 22.3 Å². The number of aliphatic hydroxyl groups excluding tert-OH is 1. The summed E-state index contributed by atoms with van der Waals surface area (Å²) in [5, 5.41) is 18.5. The fourth-order valence-electron chi connectivity index (χ4n) is 3.89. The van der Waals surface area contributed by atoms with Gasteiger partial charge in [-0.05, 0) is 73.4 Å². The van der Waals surface area contributed by atoms with E-state index < -0.39 is 33.9 Å². The highest BCUT2D eigenvalue weighted by Gasteiger charge is 2.35. The monoisotopic (exact) mass is 484 g/mol. The van der Waals surface area contributed by atoms with Gasteiger partial charge in [0.05, 0.1) is 23.2 Å². The summed E-state index contributed by atoms with van der Waals surface area (Å²) < 4.78 is 62.6. The maximum atomic E-state index is 14.4. The average molecular weight is 485 g/mol. The molecule has 0 saturated heterocycles. The second-order valence-electron chi connectivity index (χ2n) is 8.12. The minimum absolute atomic E-state index is 0.00466. The largest absolute Gasteiger partial charge is 0.486 e. The Morgan fingerprint density at radius 3 is 2.71 bits per heavy atom. The van der Waals surface area contributed by atoms with Gasteiger partial charge < -0.3 is 9.84 Å². The van der Waals surface area contributed by atoms with Gasteiger partial charge in [-0.2, -0.15) is 5.26 Å². The molecule has 176 valence electrons. The molecule has 6 nitrogen and oxygen atoms in total. The number of hydrogen-bond donors (Lipinski definition) is 1. The Hall–Kier alpha value is -3.48. The Morgan fingerprint density at radius 1 is 1.18 bits per heavy atom. The lowest BCUT2D eigenvalue weighted by atomic mass is 10.0. The van der Waals surface area contributed by atoms with Crippen LogP contribution in [0.25, 0.3) is 11.1 Å². The number of hydrogen-bond acceptors (Lipinski definition) is 5. The topological polar surface area (TPSA) is 90.6 Å². The first-order valence-electron chi connectivity index (χ1n) is 10.6. The lowest BCUT2D eigenvalue weighted by molar-refractivity contribution is 0.153. The van der Waals surface area contributed by atoms with Gasteiger partial charge in [-0.1, -0.05) is 18.2 Å². The van der Waals surface area contributed by atoms with Crippen molar-refractivity contribution in [3.63, 3.8) is 0 Å². The number of benzene rings is 3. The van der Waals surface area contributed by atoms with Gasteiger partial charge in [0.2, 0.25) is 0 Å². The first kappa shape index (κ1) is 23.7. The molecular formula is C25H22F2N2O4S. The van der Waals surface area contributed by atoms with Gasteiger partial charge in [-0.25, -0.2) is 17.2 Å². The predicted octanol–water partition coefficient (Wildman–Crippen LogP) is 4.56. The van der Waals surface area contributed by atoms with Crippen LogP contribution in [0.2, 0.25) is 0 Å². The van der Waals surface area contributed by atoms with Gasteiger partial charge in [0.25, 0.3) is 10.0 Å². The standard InChI is InChI=1S/C25H22F2N2O4S/c1-16-3-2-4-21(11-16)34(31,32)29-15-20(8-7-19(30)14-28)33-25-10-5-17(12-24(25)29)22-13-18(26)6-9-23(22)27/h2-6,9-13,19-20,30H,7-8,15H2,1H3/t19?,20-/m0/s1. The van der Waals surface area contributed by atoms with E-state index in [2.05, 4.69) is 0 Å². The van der Waals surface area contributed by atoms with E-state index >= 15 is 0 Å². The van der Waals surface area contributed by atoms with Gasteiger partial charge >= 0.3 is 0 Å². The third-order valence-corrected chi connectivity index (χ3v) is 7.39. The number of nitriles is 1. The zero-order chi connectivity index (χ0) is 24.5. The van der Waals surface area contributed by atoms with E-state index in [1.807, 2.05) is 0 Å². The molecule has 1 aliphatic heterocycles. The SMILES string of the molecule is Cc1cccc(S(=O)(=O)N2C[C@H](CCC(O)C#N)Oc3ccc(-c4cc(F)ccc4F)cc32)c1. The van der Waals surface area contributed by atoms with Crippen LogP contribution in [0.1, 0.15) is 18.4 Å². The highest BCUT2D eigenvalue weighted by atomic mass is 32.2. The maximum absolute atomic E-state index is 14.4. The van der Waals surface area contributed by atoms with Crippen LogP contribution < -0.4 is 9.04 Å². The van der Waals surface area contributed by atoms with E-state index in [0.29, 0.717) is 5.56 Å². The van der Waals surface area contributed by atoms with Crippen LogP contribution >= 0.6 is 0 Å². The lowest BCUT2D eigenvalue weighted by Gasteiger charge is -2.36. The van der Waals surface area contributed by atoms with Crippen LogP contribution in [0, 0.1) is 29.9 Å². The molecule has 0 fully saturated rings. The summed E-state index contributed by atoms with van der Waals surface area (Å²) in [5.41, 5.74) is 1.25. The first-order valence-corrected chi connectivity index (χ1v) is 12.1. The molecule has 0 spiro atoms. The van der Waals surface area contributed by atoms with Crippen molar-refractivity contribution >= 4 is 15.7 Å². The van der Waals surface area contributed by atoms with Crippen molar-refractivity contribution < 1.29 is 27.0 Å². The molecule has 0 radical (unpaired) electrons. The first-order chi connectivity index (χ1) is 16.2. The second-order valence-corrected chi connectivity index (χ2v) is 9.98. The smallest absolute Gasteiger partial charge is 0.264 e. The third-order valence-electron chi connectivity index (χ3n) is 5.62. The Labute approximate surface area is 196 Å². The molecule has 4 rings (SSSR count). The van der Waals surface area contributed by atoms with E-state index in [1.54, 1.807) is 31.2 Å². The van der Waals surface area contributed by atoms with Gasteiger partial charge in [-0.3, -0.25) is 4.31 Å². The van der Waals surface area contributed by atoms with E-state index in [1.165, 1.54) is 28.6 Å². The Bertz CT molecular complexity index is 1370. The van der Waals surface area contributed by atoms with Crippen LogP contribution in [-0.4, -0.2) is 32.3 Å². The fourth-order valence-corrected chi connectivity index (χ4v) is 5.49. The van der Waals surface area contributed by atoms with Crippen LogP contribution in [0.15, 0.2) is 65.6 Å². The molecule has 0 aliphatic carbocycles. The van der Waals surface area contributed by atoms with Crippen molar-refractivity contribution in [2.75, 3.05) is 10.8 Å². The third kappa shape index (κ3) is 4.74. The van der Waals surface area contributed by atoms with Crippen LogP contribution in [0.5, 0.6) is 5.75 Å². The molecular weight excluding hydrogens is 462 g/mol. The summed E-state index contributed by atoms with van der Waals surface area (Å²) >= 11 is 0. The van der Waals surface area contributed by atoms with Crippen molar-refractivity contribution in [1.29, 1.82) is 5.26 Å². The molecule has 1 aliphatic rings. The quantitative estimate of drug-likeness (QED) is 0.518. The maximum Gasteiger partial charge on any atom is 0.264 e. The molecule has 2 atom stereocenters. The molecule has 3 aromatic rings. The minimum Gasteiger partial charge on any atom is -0.486 e. The number of halogens is 2. The van der Waals surface area contributed by atoms with Gasteiger partial charge in [0, 0.05) is 5.56 Å². The van der Waals surface area contributed by atoms with Crippen LogP contribution in [0.3, 0.4) is 0 Å². The number of aliphatic hydroxyl groups is 1. The van der Waals surface area contributed by atoms with Crippen molar-refractivity contribution in [3.05, 3.63) is 77.9 Å². The summed E-state index contributed by atoms with van der Waals surface area (Å²) in [7, 11) is -4.03. The second kappa shape index (κ2) is 9.41. The molecule has 3 aromatic carbocycles. The average Bonchev–Trinajstić information content (AvgIpc) is 2.83. The number of aryl methyl sites for hydroxylation is 1. The van der Waals surface area contributed by atoms with E-state index in [4.69, 9.17) is 10.00 Å². The van der Waals surface area contributed by atoms with E-state index in [0.717, 1.165) is 23.8 Å². The van der Waals surface area contributed by atoms with Crippen molar-refractivity contribution in [2.45, 2.75) is 36.9 Å². The molecule has 0 saturated carbocycles. The van der Waals surface area contributed by atoms with Crippen LogP contribution in [0.4, 0.5) is 14.5 Å². The molecule has 1 unspecified atom stereocenters. The van der Waals surface area contributed by atoms with Crippen molar-refractivity contribution in [2.24, 2.45) is 0 Å². The van der Waals surface area contributed by atoms with Crippen molar-refractivity contribution in [1.82, 2.24) is 0 Å². The predicted molar refractivity (Wildman–Crippen MR) is 123 cm³/mol. The Morgan fingerprint density at radius 2 is 1.97 bits per heavy atom. The molecule has 1 N–H and O–H groups in total. The highest BCUT2D eigenvalue weighted by Crippen LogP contribution is 2.41. The normalized spacial score (nSPS) is 16.3. The molecule has 34 heavy (non-hydrogen) atoms. The highest BCUT2D eigenvalue weighted by molar-refractivity contribution is 7.92. The summed E-state index contributed by atoms with van der Waals surface area (Å²) in [6.45, 7) is 1.71. The van der Waals surface area contributed by atoms with Gasteiger partial charge in [0.15, 0.2) is 0 Å². The summed E-state index contributed by atoms with van der Waals surface area (Å²) in [5.74, 6) is -1.01. The number of anilines is 1. The number of sulfonamides is 1. The fraction of sp³-hybridized carbons (Fsp3) is 0.240. The molecule has 1 heterocycles. The molecule has 0 amide bonds. The Kier molecular flexibility index (Phi) is 6.55. The number of ether oxygens (including phenoxy) is 1. The summed E-state index contributed by atoms with van der Waals surface area (Å²) in [6, 6.07) is 15.8. The Balaban J connectivity index is 1.80. The van der Waals surface area contributed by atoms with Gasteiger partial charge in [-0.15, -0.1) is 0 Å². The van der Waals surface area contributed by atoms with Crippen LogP contribution in [-0.2, 0) is 10.0 Å². The summed E-state index contributed by atoms with van der Waals surface area (Å²) in [6.07, 6.45) is -1.45. The minimum atomic E-state index is -4.03. The van der Waals surface area contributed by atoms with Crippen molar-refractivity contribution in [3.8, 4) is 22.9 Å². The number of rotatable bonds is 6.